The lowest BCUT2D eigenvalue weighted by Gasteiger charge is -2.38. The van der Waals surface area contributed by atoms with E-state index >= 15 is 0 Å². The van der Waals surface area contributed by atoms with Crippen molar-refractivity contribution in [3.05, 3.63) is 66.2 Å². The first kappa shape index (κ1) is 20.5. The standard InChI is InChI=1S/C25H31N3O2/c1-26(24-8-5-15-28(20-24)22-6-3-2-4-7-22)25(29)14-11-21-9-12-23(13-10-21)27-16-18-30-19-17-27/h2-4,6-7,9-14,24H,5,8,15-20H2,1H3. The Labute approximate surface area is 179 Å². The maximum atomic E-state index is 12.8. The number of amides is 1. The van der Waals surface area contributed by atoms with Crippen molar-refractivity contribution in [2.24, 2.45) is 0 Å². The number of hydrogen-bond acceptors (Lipinski definition) is 4. The molecule has 0 spiro atoms. The quantitative estimate of drug-likeness (QED) is 0.712. The van der Waals surface area contributed by atoms with Crippen LogP contribution in [0.1, 0.15) is 18.4 Å². The zero-order valence-electron chi connectivity index (χ0n) is 17.7. The lowest BCUT2D eigenvalue weighted by molar-refractivity contribution is -0.126. The van der Waals surface area contributed by atoms with Crippen LogP contribution in [0.2, 0.25) is 0 Å². The van der Waals surface area contributed by atoms with Gasteiger partial charge in [0.2, 0.25) is 5.91 Å². The van der Waals surface area contributed by atoms with Crippen molar-refractivity contribution in [1.82, 2.24) is 4.90 Å². The number of carbonyl (C=O) groups excluding carboxylic acids is 1. The highest BCUT2D eigenvalue weighted by Gasteiger charge is 2.25. The largest absolute Gasteiger partial charge is 0.378 e. The molecule has 1 atom stereocenters. The molecule has 0 N–H and O–H groups in total. The van der Waals surface area contributed by atoms with E-state index in [4.69, 9.17) is 4.74 Å². The summed E-state index contributed by atoms with van der Waals surface area (Å²) in [5.41, 5.74) is 3.49. The van der Waals surface area contributed by atoms with Gasteiger partial charge in [-0.3, -0.25) is 4.79 Å². The van der Waals surface area contributed by atoms with E-state index in [1.54, 1.807) is 6.08 Å². The minimum absolute atomic E-state index is 0.0622. The molecule has 30 heavy (non-hydrogen) atoms. The second-order valence-corrected chi connectivity index (χ2v) is 8.05. The smallest absolute Gasteiger partial charge is 0.246 e. The number of hydrogen-bond donors (Lipinski definition) is 0. The van der Waals surface area contributed by atoms with Gasteiger partial charge in [-0.05, 0) is 48.7 Å². The van der Waals surface area contributed by atoms with Crippen LogP contribution in [0, 0.1) is 0 Å². The molecule has 0 saturated carbocycles. The van der Waals surface area contributed by atoms with E-state index < -0.39 is 0 Å². The third kappa shape index (κ3) is 5.03. The Hall–Kier alpha value is -2.79. The molecule has 5 heteroatoms. The molecule has 1 amide bonds. The number of carbonyl (C=O) groups is 1. The van der Waals surface area contributed by atoms with Crippen molar-refractivity contribution >= 4 is 23.4 Å². The van der Waals surface area contributed by atoms with E-state index in [9.17, 15) is 4.79 Å². The average molecular weight is 406 g/mol. The van der Waals surface area contributed by atoms with E-state index in [0.717, 1.165) is 57.8 Å². The van der Waals surface area contributed by atoms with Crippen LogP contribution in [-0.2, 0) is 9.53 Å². The van der Waals surface area contributed by atoms with Gasteiger partial charge in [0, 0.05) is 56.7 Å². The fraction of sp³-hybridized carbons (Fsp3) is 0.400. The maximum Gasteiger partial charge on any atom is 0.246 e. The van der Waals surface area contributed by atoms with Crippen LogP contribution < -0.4 is 9.80 Å². The Morgan fingerprint density at radius 3 is 2.40 bits per heavy atom. The van der Waals surface area contributed by atoms with Crippen molar-refractivity contribution in [1.29, 1.82) is 0 Å². The second kappa shape index (κ2) is 9.81. The zero-order valence-corrected chi connectivity index (χ0v) is 17.7. The predicted octanol–water partition coefficient (Wildman–Crippen LogP) is 3.66. The normalized spacial score (nSPS) is 19.8. The summed E-state index contributed by atoms with van der Waals surface area (Å²) in [7, 11) is 1.92. The Balaban J connectivity index is 1.34. The highest BCUT2D eigenvalue weighted by atomic mass is 16.5. The van der Waals surface area contributed by atoms with Gasteiger partial charge in [0.1, 0.15) is 0 Å². The molecule has 0 bridgehead atoms. The Morgan fingerprint density at radius 1 is 0.967 bits per heavy atom. The highest BCUT2D eigenvalue weighted by Crippen LogP contribution is 2.22. The summed E-state index contributed by atoms with van der Waals surface area (Å²) in [6, 6.07) is 19.1. The summed E-state index contributed by atoms with van der Waals surface area (Å²) in [5, 5.41) is 0. The summed E-state index contributed by atoms with van der Waals surface area (Å²) in [4.78, 5) is 19.4. The lowest BCUT2D eigenvalue weighted by Crippen LogP contribution is -2.48. The van der Waals surface area contributed by atoms with Gasteiger partial charge in [-0.1, -0.05) is 30.3 Å². The average Bonchev–Trinajstić information content (AvgIpc) is 2.83. The van der Waals surface area contributed by atoms with Crippen molar-refractivity contribution in [3.8, 4) is 0 Å². The van der Waals surface area contributed by atoms with Crippen LogP contribution >= 0.6 is 0 Å². The first-order chi connectivity index (χ1) is 14.7. The van der Waals surface area contributed by atoms with Crippen LogP contribution in [0.4, 0.5) is 11.4 Å². The van der Waals surface area contributed by atoms with Gasteiger partial charge in [-0.2, -0.15) is 0 Å². The number of anilines is 2. The van der Waals surface area contributed by atoms with Crippen molar-refractivity contribution in [2.75, 3.05) is 56.2 Å². The summed E-state index contributed by atoms with van der Waals surface area (Å²) < 4.78 is 5.42. The van der Waals surface area contributed by atoms with Crippen LogP contribution in [0.25, 0.3) is 6.08 Å². The molecule has 158 valence electrons. The molecule has 2 aliphatic heterocycles. The van der Waals surface area contributed by atoms with Crippen LogP contribution in [0.3, 0.4) is 0 Å². The Bertz CT molecular complexity index is 844. The lowest BCUT2D eigenvalue weighted by atomic mass is 10.0. The molecule has 2 fully saturated rings. The molecule has 0 aromatic heterocycles. The first-order valence-corrected chi connectivity index (χ1v) is 10.9. The second-order valence-electron chi connectivity index (χ2n) is 8.05. The molecule has 4 rings (SSSR count). The molecule has 5 nitrogen and oxygen atoms in total. The van der Waals surface area contributed by atoms with Gasteiger partial charge in [0.05, 0.1) is 13.2 Å². The third-order valence-corrected chi connectivity index (χ3v) is 6.10. The van der Waals surface area contributed by atoms with Crippen LogP contribution in [-0.4, -0.2) is 63.3 Å². The molecule has 2 aromatic rings. The van der Waals surface area contributed by atoms with Gasteiger partial charge in [0.15, 0.2) is 0 Å². The summed E-state index contributed by atoms with van der Waals surface area (Å²) >= 11 is 0. The number of rotatable bonds is 5. The van der Waals surface area contributed by atoms with Gasteiger partial charge >= 0.3 is 0 Å². The minimum atomic E-state index is 0.0622. The SMILES string of the molecule is CN(C(=O)C=Cc1ccc(N2CCOCC2)cc1)C1CCCN(c2ccccc2)C1. The summed E-state index contributed by atoms with van der Waals surface area (Å²) in [6.45, 7) is 5.36. The molecule has 2 aliphatic rings. The zero-order chi connectivity index (χ0) is 20.8. The van der Waals surface area contributed by atoms with Gasteiger partial charge in [-0.25, -0.2) is 0 Å². The predicted molar refractivity (Wildman–Crippen MR) is 123 cm³/mol. The fourth-order valence-corrected chi connectivity index (χ4v) is 4.23. The Morgan fingerprint density at radius 2 is 1.67 bits per heavy atom. The van der Waals surface area contributed by atoms with Gasteiger partial charge < -0.3 is 19.4 Å². The Kier molecular flexibility index (Phi) is 6.70. The molecular formula is C25H31N3O2. The summed E-state index contributed by atoms with van der Waals surface area (Å²) in [5.74, 6) is 0.0622. The number of piperidine rings is 1. The molecule has 0 aliphatic carbocycles. The monoisotopic (exact) mass is 405 g/mol. The molecular weight excluding hydrogens is 374 g/mol. The third-order valence-electron chi connectivity index (χ3n) is 6.10. The van der Waals surface area contributed by atoms with Crippen LogP contribution in [0.15, 0.2) is 60.7 Å². The van der Waals surface area contributed by atoms with Gasteiger partial charge in [0.25, 0.3) is 0 Å². The maximum absolute atomic E-state index is 12.8. The van der Waals surface area contributed by atoms with E-state index in [2.05, 4.69) is 58.3 Å². The van der Waals surface area contributed by atoms with E-state index in [1.807, 2.05) is 24.1 Å². The highest BCUT2D eigenvalue weighted by molar-refractivity contribution is 5.92. The molecule has 1 unspecified atom stereocenters. The van der Waals surface area contributed by atoms with E-state index in [0.29, 0.717) is 0 Å². The number of ether oxygens (including phenoxy) is 1. The van der Waals surface area contributed by atoms with Crippen molar-refractivity contribution < 1.29 is 9.53 Å². The molecule has 2 saturated heterocycles. The van der Waals surface area contributed by atoms with Crippen LogP contribution in [0.5, 0.6) is 0 Å². The molecule has 2 aromatic carbocycles. The number of nitrogens with zero attached hydrogens (tertiary/aromatic N) is 3. The summed E-state index contributed by atoms with van der Waals surface area (Å²) in [6.07, 6.45) is 5.77. The fourth-order valence-electron chi connectivity index (χ4n) is 4.23. The topological polar surface area (TPSA) is 36.0 Å². The number of likely N-dealkylation sites (N-methyl/N-ethyl adjacent to an activating group) is 1. The number of benzene rings is 2. The molecule has 0 radical (unpaired) electrons. The number of morpholine rings is 1. The minimum Gasteiger partial charge on any atom is -0.378 e. The number of para-hydroxylation sites is 1. The van der Waals surface area contributed by atoms with Crippen molar-refractivity contribution in [2.45, 2.75) is 18.9 Å². The van der Waals surface area contributed by atoms with E-state index in [-0.39, 0.29) is 11.9 Å². The van der Waals surface area contributed by atoms with E-state index in [1.165, 1.54) is 11.4 Å². The molecule has 2 heterocycles. The van der Waals surface area contributed by atoms with Gasteiger partial charge in [-0.15, -0.1) is 0 Å². The first-order valence-electron chi connectivity index (χ1n) is 10.9. The van der Waals surface area contributed by atoms with Crippen molar-refractivity contribution in [3.63, 3.8) is 0 Å².